The van der Waals surface area contributed by atoms with Crippen LogP contribution in [0.3, 0.4) is 0 Å². The second kappa shape index (κ2) is 6.07. The Kier molecular flexibility index (Phi) is 4.09. The molecule has 1 heterocycles. The summed E-state index contributed by atoms with van der Waals surface area (Å²) in [5, 5.41) is 8.32. The lowest BCUT2D eigenvalue weighted by atomic mass is 9.86. The summed E-state index contributed by atoms with van der Waals surface area (Å²) in [5.41, 5.74) is 1.82. The van der Waals surface area contributed by atoms with E-state index in [9.17, 15) is 4.79 Å². The molecule has 0 fully saturated rings. The average molecular weight is 323 g/mol. The molecule has 1 atom stereocenters. The number of carbonyl (C=O) groups is 1. The second-order valence-electron chi connectivity index (χ2n) is 6.82. The minimum Gasteiger partial charge on any atom is -0.468 e. The van der Waals surface area contributed by atoms with Crippen LogP contribution in [0, 0.1) is 5.41 Å². The van der Waals surface area contributed by atoms with E-state index in [1.165, 1.54) is 0 Å². The molecule has 0 radical (unpaired) electrons. The zero-order chi connectivity index (χ0) is 17.3. The number of ketones is 1. The quantitative estimate of drug-likeness (QED) is 0.673. The van der Waals surface area contributed by atoms with Gasteiger partial charge in [0.25, 0.3) is 0 Å². The van der Waals surface area contributed by atoms with E-state index in [4.69, 9.17) is 4.74 Å². The standard InChI is InChI=1S/C19H21N3O2/c1-13(22-16-11-7-6-10-15(16)20-21-22)24-17-12-8-5-9-14(17)18(23)19(2,3)4/h5-13H,1-4H3. The Bertz CT molecular complexity index is 877. The van der Waals surface area contributed by atoms with Gasteiger partial charge >= 0.3 is 0 Å². The van der Waals surface area contributed by atoms with E-state index in [1.54, 1.807) is 10.7 Å². The maximum Gasteiger partial charge on any atom is 0.191 e. The van der Waals surface area contributed by atoms with Gasteiger partial charge in [0, 0.05) is 5.41 Å². The summed E-state index contributed by atoms with van der Waals surface area (Å²) < 4.78 is 7.77. The number of carbonyl (C=O) groups excluding carboxylic acids is 1. The van der Waals surface area contributed by atoms with Gasteiger partial charge in [-0.15, -0.1) is 5.10 Å². The molecule has 0 saturated heterocycles. The molecule has 0 bridgehead atoms. The van der Waals surface area contributed by atoms with Crippen LogP contribution in [0.25, 0.3) is 11.0 Å². The van der Waals surface area contributed by atoms with Crippen molar-refractivity contribution >= 4 is 16.8 Å². The fourth-order valence-electron chi connectivity index (χ4n) is 2.55. The van der Waals surface area contributed by atoms with Crippen molar-refractivity contribution < 1.29 is 9.53 Å². The third-order valence-electron chi connectivity index (χ3n) is 3.83. The molecule has 1 aromatic heterocycles. The number of hydrogen-bond acceptors (Lipinski definition) is 4. The first-order valence-corrected chi connectivity index (χ1v) is 7.98. The Morgan fingerprint density at radius 1 is 1.08 bits per heavy atom. The predicted octanol–water partition coefficient (Wildman–Crippen LogP) is 4.26. The fourth-order valence-corrected chi connectivity index (χ4v) is 2.55. The van der Waals surface area contributed by atoms with Crippen LogP contribution in [0.5, 0.6) is 5.75 Å². The lowest BCUT2D eigenvalue weighted by Gasteiger charge is -2.21. The van der Waals surface area contributed by atoms with Crippen LogP contribution in [0.2, 0.25) is 0 Å². The number of nitrogens with zero attached hydrogens (tertiary/aromatic N) is 3. The first-order valence-electron chi connectivity index (χ1n) is 7.98. The highest BCUT2D eigenvalue weighted by Crippen LogP contribution is 2.29. The number of para-hydroxylation sites is 2. The van der Waals surface area contributed by atoms with E-state index in [0.29, 0.717) is 11.3 Å². The van der Waals surface area contributed by atoms with Gasteiger partial charge in [-0.3, -0.25) is 4.79 Å². The van der Waals surface area contributed by atoms with E-state index in [1.807, 2.05) is 70.2 Å². The van der Waals surface area contributed by atoms with Crippen molar-refractivity contribution in [1.82, 2.24) is 15.0 Å². The lowest BCUT2D eigenvalue weighted by molar-refractivity contribution is 0.0843. The average Bonchev–Trinajstić information content (AvgIpc) is 2.98. The van der Waals surface area contributed by atoms with Gasteiger partial charge in [-0.25, -0.2) is 4.68 Å². The van der Waals surface area contributed by atoms with Gasteiger partial charge in [-0.05, 0) is 31.2 Å². The van der Waals surface area contributed by atoms with Gasteiger partial charge in [0.15, 0.2) is 12.0 Å². The van der Waals surface area contributed by atoms with Crippen LogP contribution in [0.15, 0.2) is 48.5 Å². The molecule has 5 nitrogen and oxygen atoms in total. The van der Waals surface area contributed by atoms with Crippen molar-refractivity contribution in [1.29, 1.82) is 0 Å². The minimum absolute atomic E-state index is 0.0498. The van der Waals surface area contributed by atoms with Crippen LogP contribution in [-0.2, 0) is 0 Å². The number of rotatable bonds is 4. The summed E-state index contributed by atoms with van der Waals surface area (Å²) in [7, 11) is 0. The summed E-state index contributed by atoms with van der Waals surface area (Å²) >= 11 is 0. The summed E-state index contributed by atoms with van der Waals surface area (Å²) in [4.78, 5) is 12.7. The van der Waals surface area contributed by atoms with Gasteiger partial charge < -0.3 is 4.74 Å². The van der Waals surface area contributed by atoms with Crippen molar-refractivity contribution in [2.75, 3.05) is 0 Å². The molecule has 3 aromatic rings. The third kappa shape index (κ3) is 3.02. The largest absolute Gasteiger partial charge is 0.468 e. The second-order valence-corrected chi connectivity index (χ2v) is 6.82. The Morgan fingerprint density at radius 2 is 1.75 bits per heavy atom. The van der Waals surface area contributed by atoms with E-state index in [2.05, 4.69) is 10.3 Å². The Morgan fingerprint density at radius 3 is 2.50 bits per heavy atom. The SMILES string of the molecule is CC(Oc1ccccc1C(=O)C(C)(C)C)n1nnc2ccccc21. The Balaban J connectivity index is 1.93. The van der Waals surface area contributed by atoms with Crippen molar-refractivity contribution in [3.05, 3.63) is 54.1 Å². The molecule has 0 spiro atoms. The normalized spacial score (nSPS) is 13.0. The molecule has 24 heavy (non-hydrogen) atoms. The third-order valence-corrected chi connectivity index (χ3v) is 3.83. The lowest BCUT2D eigenvalue weighted by Crippen LogP contribution is -2.22. The number of benzene rings is 2. The van der Waals surface area contributed by atoms with Gasteiger partial charge in [0.2, 0.25) is 0 Å². The zero-order valence-electron chi connectivity index (χ0n) is 14.4. The van der Waals surface area contributed by atoms with Crippen molar-refractivity contribution in [3.8, 4) is 5.75 Å². The van der Waals surface area contributed by atoms with E-state index in [0.717, 1.165) is 11.0 Å². The molecule has 5 heteroatoms. The topological polar surface area (TPSA) is 57.0 Å². The fraction of sp³-hybridized carbons (Fsp3) is 0.316. The smallest absolute Gasteiger partial charge is 0.191 e. The molecule has 2 aromatic carbocycles. The molecular weight excluding hydrogens is 302 g/mol. The van der Waals surface area contributed by atoms with Crippen molar-refractivity contribution in [3.63, 3.8) is 0 Å². The molecule has 124 valence electrons. The molecule has 1 unspecified atom stereocenters. The van der Waals surface area contributed by atoms with Gasteiger partial charge in [0.05, 0.1) is 11.1 Å². The molecule has 0 aliphatic rings. The molecule has 0 aliphatic carbocycles. The molecule has 3 rings (SSSR count). The Hall–Kier alpha value is -2.69. The van der Waals surface area contributed by atoms with Crippen molar-refractivity contribution in [2.24, 2.45) is 5.41 Å². The number of ether oxygens (including phenoxy) is 1. The molecular formula is C19H21N3O2. The van der Waals surface area contributed by atoms with Crippen molar-refractivity contribution in [2.45, 2.75) is 33.9 Å². The number of fused-ring (bicyclic) bond motifs is 1. The predicted molar refractivity (Wildman–Crippen MR) is 93.1 cm³/mol. The summed E-state index contributed by atoms with van der Waals surface area (Å²) in [6.07, 6.45) is -0.383. The Labute approximate surface area is 141 Å². The maximum atomic E-state index is 12.7. The minimum atomic E-state index is -0.470. The highest BCUT2D eigenvalue weighted by molar-refractivity contribution is 6.02. The molecule has 0 amide bonds. The molecule has 0 saturated carbocycles. The summed E-state index contributed by atoms with van der Waals surface area (Å²) in [6, 6.07) is 15.0. The van der Waals surface area contributed by atoms with Crippen LogP contribution < -0.4 is 4.74 Å². The van der Waals surface area contributed by atoms with Crippen LogP contribution in [0.4, 0.5) is 0 Å². The zero-order valence-corrected chi connectivity index (χ0v) is 14.4. The number of Topliss-reactive ketones (excluding diaryl/α,β-unsaturated/α-hetero) is 1. The van der Waals surface area contributed by atoms with E-state index >= 15 is 0 Å². The number of aromatic nitrogens is 3. The molecule has 0 N–H and O–H groups in total. The van der Waals surface area contributed by atoms with E-state index < -0.39 is 5.41 Å². The van der Waals surface area contributed by atoms with Crippen LogP contribution in [0.1, 0.15) is 44.3 Å². The van der Waals surface area contributed by atoms with Crippen LogP contribution >= 0.6 is 0 Å². The van der Waals surface area contributed by atoms with Gasteiger partial charge in [-0.1, -0.05) is 50.3 Å². The highest BCUT2D eigenvalue weighted by atomic mass is 16.5. The monoisotopic (exact) mass is 323 g/mol. The number of hydrogen-bond donors (Lipinski definition) is 0. The summed E-state index contributed by atoms with van der Waals surface area (Å²) in [6.45, 7) is 7.60. The first kappa shape index (κ1) is 16.2. The van der Waals surface area contributed by atoms with Gasteiger partial charge in [0.1, 0.15) is 11.3 Å². The summed E-state index contributed by atoms with van der Waals surface area (Å²) in [5.74, 6) is 0.609. The van der Waals surface area contributed by atoms with E-state index in [-0.39, 0.29) is 12.0 Å². The molecule has 0 aliphatic heterocycles. The van der Waals surface area contributed by atoms with Gasteiger partial charge in [-0.2, -0.15) is 0 Å². The first-order chi connectivity index (χ1) is 11.4. The van der Waals surface area contributed by atoms with Crippen LogP contribution in [-0.4, -0.2) is 20.8 Å². The highest BCUT2D eigenvalue weighted by Gasteiger charge is 2.26. The maximum absolute atomic E-state index is 12.7.